The summed E-state index contributed by atoms with van der Waals surface area (Å²) >= 11 is 0. The van der Waals surface area contributed by atoms with Gasteiger partial charge >= 0.3 is 0 Å². The first-order valence-electron chi connectivity index (χ1n) is 9.06. The lowest BCUT2D eigenvalue weighted by molar-refractivity contribution is 0.322. The van der Waals surface area contributed by atoms with Crippen molar-refractivity contribution in [2.24, 2.45) is 4.99 Å². The van der Waals surface area contributed by atoms with Gasteiger partial charge in [-0.05, 0) is 42.3 Å². The Balaban J connectivity index is 0.00000280. The Bertz CT molecular complexity index is 820. The van der Waals surface area contributed by atoms with E-state index in [9.17, 15) is 0 Å². The molecule has 3 rings (SSSR count). The lowest BCUT2D eigenvalue weighted by Gasteiger charge is -2.12. The molecule has 0 amide bonds. The van der Waals surface area contributed by atoms with Gasteiger partial charge in [-0.3, -0.25) is 4.99 Å². The van der Waals surface area contributed by atoms with E-state index in [4.69, 9.17) is 4.74 Å². The van der Waals surface area contributed by atoms with E-state index in [0.29, 0.717) is 13.2 Å². The van der Waals surface area contributed by atoms with Crippen LogP contribution >= 0.6 is 24.0 Å². The number of hydrogen-bond donors (Lipinski definition) is 2. The van der Waals surface area contributed by atoms with Gasteiger partial charge in [0, 0.05) is 26.0 Å². The van der Waals surface area contributed by atoms with Crippen LogP contribution in [0.4, 0.5) is 0 Å². The molecule has 0 spiro atoms. The molecule has 7 heteroatoms. The van der Waals surface area contributed by atoms with E-state index >= 15 is 0 Å². The summed E-state index contributed by atoms with van der Waals surface area (Å²) in [5.41, 5.74) is 2.33. The number of aromatic nitrogens is 2. The molecule has 1 heterocycles. The van der Waals surface area contributed by atoms with E-state index in [0.717, 1.165) is 30.4 Å². The summed E-state index contributed by atoms with van der Waals surface area (Å²) < 4.78 is 7.52. The van der Waals surface area contributed by atoms with Crippen molar-refractivity contribution in [1.82, 2.24) is 20.4 Å². The zero-order chi connectivity index (χ0) is 18.7. The van der Waals surface area contributed by atoms with Crippen molar-refractivity contribution in [3.05, 3.63) is 78.6 Å². The van der Waals surface area contributed by atoms with Gasteiger partial charge in [0.25, 0.3) is 0 Å². The molecule has 0 saturated heterocycles. The normalized spacial score (nSPS) is 10.8. The second-order valence-electron chi connectivity index (χ2n) is 5.95. The molecular weight excluding hydrogens is 465 g/mol. The molecular formula is C21H26IN5O. The molecule has 0 atom stereocenters. The molecule has 2 N–H and O–H groups in total. The molecule has 0 unspecified atom stereocenters. The first-order chi connectivity index (χ1) is 13.3. The van der Waals surface area contributed by atoms with Crippen LogP contribution in [0.1, 0.15) is 5.56 Å². The van der Waals surface area contributed by atoms with E-state index in [2.05, 4.69) is 45.0 Å². The predicted octanol–water partition coefficient (Wildman–Crippen LogP) is 3.28. The summed E-state index contributed by atoms with van der Waals surface area (Å²) in [4.78, 5) is 4.24. The topological polar surface area (TPSA) is 63.5 Å². The summed E-state index contributed by atoms with van der Waals surface area (Å²) in [5.74, 6) is 1.65. The molecule has 0 aliphatic heterocycles. The third kappa shape index (κ3) is 6.88. The van der Waals surface area contributed by atoms with Crippen molar-refractivity contribution in [3.8, 4) is 11.4 Å². The minimum atomic E-state index is 0. The number of para-hydroxylation sites is 1. The molecule has 0 saturated carbocycles. The van der Waals surface area contributed by atoms with Crippen molar-refractivity contribution in [2.75, 3.05) is 26.7 Å². The second kappa shape index (κ2) is 12.0. The van der Waals surface area contributed by atoms with Gasteiger partial charge in [-0.25, -0.2) is 4.68 Å². The standard InChI is InChI=1S/C21H25N5O.HI/c1-22-21(24-15-17-27-20-6-3-2-4-7-20)23-14-12-18-8-10-19(11-9-18)26-16-5-13-25-26;/h2-11,13,16H,12,14-15,17H2,1H3,(H2,22,23,24);1H. The number of guanidine groups is 1. The van der Waals surface area contributed by atoms with Crippen LogP contribution in [0.3, 0.4) is 0 Å². The number of ether oxygens (including phenoxy) is 1. The highest BCUT2D eigenvalue weighted by atomic mass is 127. The first kappa shape index (κ1) is 21.7. The zero-order valence-electron chi connectivity index (χ0n) is 15.9. The Kier molecular flexibility index (Phi) is 9.33. The number of nitrogens with zero attached hydrogens (tertiary/aromatic N) is 3. The van der Waals surface area contributed by atoms with Crippen molar-refractivity contribution < 1.29 is 4.74 Å². The monoisotopic (exact) mass is 491 g/mol. The Morgan fingerprint density at radius 1 is 1.00 bits per heavy atom. The Labute approximate surface area is 183 Å². The quantitative estimate of drug-likeness (QED) is 0.220. The third-order valence-electron chi connectivity index (χ3n) is 4.04. The summed E-state index contributed by atoms with van der Waals surface area (Å²) in [6.07, 6.45) is 4.63. The van der Waals surface area contributed by atoms with Crippen LogP contribution < -0.4 is 15.4 Å². The maximum absolute atomic E-state index is 5.66. The van der Waals surface area contributed by atoms with E-state index in [1.54, 1.807) is 13.2 Å². The smallest absolute Gasteiger partial charge is 0.191 e. The van der Waals surface area contributed by atoms with E-state index in [1.165, 1.54) is 5.56 Å². The van der Waals surface area contributed by atoms with Crippen LogP contribution in [0.5, 0.6) is 5.75 Å². The fourth-order valence-corrected chi connectivity index (χ4v) is 2.64. The number of rotatable bonds is 8. The van der Waals surface area contributed by atoms with Crippen LogP contribution in [-0.4, -0.2) is 42.5 Å². The molecule has 6 nitrogen and oxygen atoms in total. The Morgan fingerprint density at radius 3 is 2.43 bits per heavy atom. The number of aliphatic imine (C=N–C) groups is 1. The molecule has 0 fully saturated rings. The van der Waals surface area contributed by atoms with Crippen molar-refractivity contribution >= 4 is 29.9 Å². The van der Waals surface area contributed by atoms with Crippen LogP contribution in [0, 0.1) is 0 Å². The summed E-state index contributed by atoms with van der Waals surface area (Å²) in [5, 5.41) is 10.8. The first-order valence-corrected chi connectivity index (χ1v) is 9.06. The highest BCUT2D eigenvalue weighted by Crippen LogP contribution is 2.09. The van der Waals surface area contributed by atoms with E-state index < -0.39 is 0 Å². The highest BCUT2D eigenvalue weighted by Gasteiger charge is 2.00. The maximum Gasteiger partial charge on any atom is 0.191 e. The Hall–Kier alpha value is -2.55. The molecule has 0 radical (unpaired) electrons. The van der Waals surface area contributed by atoms with Crippen molar-refractivity contribution in [2.45, 2.75) is 6.42 Å². The van der Waals surface area contributed by atoms with Crippen LogP contribution in [0.15, 0.2) is 78.0 Å². The molecule has 148 valence electrons. The predicted molar refractivity (Wildman–Crippen MR) is 124 cm³/mol. The minimum Gasteiger partial charge on any atom is -0.492 e. The average molecular weight is 491 g/mol. The lowest BCUT2D eigenvalue weighted by atomic mass is 10.1. The van der Waals surface area contributed by atoms with Gasteiger partial charge in [-0.2, -0.15) is 5.10 Å². The van der Waals surface area contributed by atoms with E-state index in [1.807, 2.05) is 47.3 Å². The van der Waals surface area contributed by atoms with Crippen molar-refractivity contribution in [3.63, 3.8) is 0 Å². The summed E-state index contributed by atoms with van der Waals surface area (Å²) in [6.45, 7) is 2.08. The maximum atomic E-state index is 5.66. The largest absolute Gasteiger partial charge is 0.492 e. The van der Waals surface area contributed by atoms with E-state index in [-0.39, 0.29) is 24.0 Å². The van der Waals surface area contributed by atoms with Gasteiger partial charge in [-0.15, -0.1) is 24.0 Å². The van der Waals surface area contributed by atoms with Crippen LogP contribution in [-0.2, 0) is 6.42 Å². The van der Waals surface area contributed by atoms with Gasteiger partial charge in [0.1, 0.15) is 12.4 Å². The summed E-state index contributed by atoms with van der Waals surface area (Å²) in [6, 6.07) is 20.1. The van der Waals surface area contributed by atoms with Crippen molar-refractivity contribution in [1.29, 1.82) is 0 Å². The number of nitrogens with one attached hydrogen (secondary N) is 2. The molecule has 0 aliphatic rings. The zero-order valence-corrected chi connectivity index (χ0v) is 18.2. The SMILES string of the molecule is CN=C(NCCOc1ccccc1)NCCc1ccc(-n2cccn2)cc1.I. The second-order valence-corrected chi connectivity index (χ2v) is 5.95. The number of halogens is 1. The van der Waals surface area contributed by atoms with Crippen LogP contribution in [0.25, 0.3) is 5.69 Å². The molecule has 3 aromatic rings. The fourth-order valence-electron chi connectivity index (χ4n) is 2.64. The van der Waals surface area contributed by atoms with Gasteiger partial charge in [0.15, 0.2) is 5.96 Å². The molecule has 1 aromatic heterocycles. The van der Waals surface area contributed by atoms with Gasteiger partial charge in [-0.1, -0.05) is 30.3 Å². The minimum absolute atomic E-state index is 0. The van der Waals surface area contributed by atoms with Gasteiger partial charge in [0.05, 0.1) is 12.2 Å². The molecule has 0 bridgehead atoms. The van der Waals surface area contributed by atoms with Gasteiger partial charge < -0.3 is 15.4 Å². The third-order valence-corrected chi connectivity index (χ3v) is 4.04. The highest BCUT2D eigenvalue weighted by molar-refractivity contribution is 14.0. The van der Waals surface area contributed by atoms with Crippen LogP contribution in [0.2, 0.25) is 0 Å². The lowest BCUT2D eigenvalue weighted by Crippen LogP contribution is -2.40. The molecule has 0 aliphatic carbocycles. The van der Waals surface area contributed by atoms with Gasteiger partial charge in [0.2, 0.25) is 0 Å². The fraction of sp³-hybridized carbons (Fsp3) is 0.238. The average Bonchev–Trinajstić information content (AvgIpc) is 3.26. The molecule has 2 aromatic carbocycles. The number of hydrogen-bond acceptors (Lipinski definition) is 3. The Morgan fingerprint density at radius 2 is 1.75 bits per heavy atom. The number of benzene rings is 2. The molecule has 28 heavy (non-hydrogen) atoms. The summed E-state index contributed by atoms with van der Waals surface area (Å²) in [7, 11) is 1.77.